The van der Waals surface area contributed by atoms with Crippen LogP contribution in [0.4, 0.5) is 0 Å². The van der Waals surface area contributed by atoms with E-state index in [1.807, 2.05) is 31.2 Å². The van der Waals surface area contributed by atoms with E-state index >= 15 is 0 Å². The molecule has 1 rings (SSSR count). The van der Waals surface area contributed by atoms with Crippen LogP contribution in [0.2, 0.25) is 0 Å². The van der Waals surface area contributed by atoms with Gasteiger partial charge in [0.05, 0.1) is 12.9 Å². The number of thiol groups is 1. The van der Waals surface area contributed by atoms with Gasteiger partial charge in [-0.05, 0) is 25.0 Å². The molecule has 0 fully saturated rings. The quantitative estimate of drug-likeness (QED) is 0.814. The number of ether oxygens (including phenoxy) is 1. The molecule has 94 valence electrons. The van der Waals surface area contributed by atoms with Crippen LogP contribution in [0.25, 0.3) is 0 Å². The van der Waals surface area contributed by atoms with Gasteiger partial charge in [-0.1, -0.05) is 18.2 Å². The Balaban J connectivity index is 2.73. The summed E-state index contributed by atoms with van der Waals surface area (Å²) in [6, 6.07) is 8.00. The average Bonchev–Trinajstić information content (AvgIpc) is 2.37. The fraction of sp³-hybridized carbons (Fsp3) is 0.462. The minimum atomic E-state index is 0.0377. The van der Waals surface area contributed by atoms with Gasteiger partial charge in [0.2, 0.25) is 5.91 Å². The first kappa shape index (κ1) is 13.9. The van der Waals surface area contributed by atoms with E-state index in [2.05, 4.69) is 12.6 Å². The van der Waals surface area contributed by atoms with Crippen LogP contribution < -0.4 is 4.74 Å². The molecule has 0 saturated carbocycles. The summed E-state index contributed by atoms with van der Waals surface area (Å²) in [5.41, 5.74) is 1.11. The topological polar surface area (TPSA) is 29.5 Å². The summed E-state index contributed by atoms with van der Waals surface area (Å²) in [5, 5.41) is 0. The average molecular weight is 253 g/mol. The van der Waals surface area contributed by atoms with Crippen molar-refractivity contribution in [3.63, 3.8) is 0 Å². The molecule has 0 aliphatic heterocycles. The minimum Gasteiger partial charge on any atom is -0.496 e. The predicted molar refractivity (Wildman–Crippen MR) is 72.8 cm³/mol. The van der Waals surface area contributed by atoms with E-state index < -0.39 is 0 Å². The number of rotatable bonds is 5. The third-order valence-corrected chi connectivity index (χ3v) is 3.17. The lowest BCUT2D eigenvalue weighted by Gasteiger charge is -2.25. The van der Waals surface area contributed by atoms with Crippen molar-refractivity contribution in [2.75, 3.05) is 19.9 Å². The maximum Gasteiger partial charge on any atom is 0.232 e. The second kappa shape index (κ2) is 6.55. The molecule has 0 bridgehead atoms. The van der Waals surface area contributed by atoms with Crippen LogP contribution in [0.1, 0.15) is 12.5 Å². The molecule has 1 aromatic carbocycles. The number of para-hydroxylation sites is 1. The van der Waals surface area contributed by atoms with Crippen molar-refractivity contribution in [1.29, 1.82) is 0 Å². The van der Waals surface area contributed by atoms with E-state index in [1.54, 1.807) is 19.1 Å². The number of methoxy groups -OCH3 is 1. The zero-order chi connectivity index (χ0) is 12.8. The van der Waals surface area contributed by atoms with Gasteiger partial charge in [-0.2, -0.15) is 12.6 Å². The maximum absolute atomic E-state index is 11.5. The van der Waals surface area contributed by atoms with Gasteiger partial charge in [0.15, 0.2) is 0 Å². The van der Waals surface area contributed by atoms with Gasteiger partial charge in [0, 0.05) is 13.1 Å². The summed E-state index contributed by atoms with van der Waals surface area (Å²) in [5.74, 6) is 1.15. The monoisotopic (exact) mass is 253 g/mol. The van der Waals surface area contributed by atoms with Gasteiger partial charge < -0.3 is 9.64 Å². The number of carbonyl (C=O) groups excluding carboxylic acids is 1. The molecule has 0 aliphatic rings. The number of hydrogen-bond donors (Lipinski definition) is 1. The maximum atomic E-state index is 11.5. The zero-order valence-corrected chi connectivity index (χ0v) is 11.4. The molecule has 0 N–H and O–H groups in total. The summed E-state index contributed by atoms with van der Waals surface area (Å²) in [7, 11) is 3.46. The second-order valence-electron chi connectivity index (χ2n) is 4.03. The molecule has 0 heterocycles. The standard InChI is InChI=1S/C13H19NO2S/c1-10(14(2)13(15)9-17)8-11-6-4-5-7-12(11)16-3/h4-7,10,17H,8-9H2,1-3H3. The van der Waals surface area contributed by atoms with Crippen molar-refractivity contribution in [3.05, 3.63) is 29.8 Å². The third kappa shape index (κ3) is 3.66. The number of carbonyl (C=O) groups is 1. The highest BCUT2D eigenvalue weighted by atomic mass is 32.1. The Morgan fingerprint density at radius 3 is 2.71 bits per heavy atom. The largest absolute Gasteiger partial charge is 0.496 e. The zero-order valence-electron chi connectivity index (χ0n) is 10.5. The first-order valence-electron chi connectivity index (χ1n) is 5.58. The Hall–Kier alpha value is -1.16. The van der Waals surface area contributed by atoms with Crippen molar-refractivity contribution >= 4 is 18.5 Å². The molecule has 1 amide bonds. The van der Waals surface area contributed by atoms with Gasteiger partial charge in [0.25, 0.3) is 0 Å². The van der Waals surface area contributed by atoms with Crippen LogP contribution in [-0.4, -0.2) is 36.8 Å². The van der Waals surface area contributed by atoms with Crippen molar-refractivity contribution in [3.8, 4) is 5.75 Å². The van der Waals surface area contributed by atoms with Crippen molar-refractivity contribution in [1.82, 2.24) is 4.90 Å². The van der Waals surface area contributed by atoms with Crippen LogP contribution in [0, 0.1) is 0 Å². The number of nitrogens with zero attached hydrogens (tertiary/aromatic N) is 1. The summed E-state index contributed by atoms with van der Waals surface area (Å²) < 4.78 is 5.29. The lowest BCUT2D eigenvalue weighted by molar-refractivity contribution is -0.128. The van der Waals surface area contributed by atoms with E-state index in [-0.39, 0.29) is 17.7 Å². The second-order valence-corrected chi connectivity index (χ2v) is 4.34. The van der Waals surface area contributed by atoms with Crippen molar-refractivity contribution in [2.45, 2.75) is 19.4 Å². The highest BCUT2D eigenvalue weighted by Gasteiger charge is 2.16. The van der Waals surface area contributed by atoms with Crippen LogP contribution in [-0.2, 0) is 11.2 Å². The molecule has 0 spiro atoms. The minimum absolute atomic E-state index is 0.0377. The van der Waals surface area contributed by atoms with Crippen LogP contribution in [0.15, 0.2) is 24.3 Å². The highest BCUT2D eigenvalue weighted by Crippen LogP contribution is 2.20. The summed E-state index contributed by atoms with van der Waals surface area (Å²) >= 11 is 4.00. The fourth-order valence-corrected chi connectivity index (χ4v) is 1.91. The Morgan fingerprint density at radius 1 is 1.47 bits per heavy atom. The number of amides is 1. The van der Waals surface area contributed by atoms with E-state index in [0.29, 0.717) is 0 Å². The fourth-order valence-electron chi connectivity index (χ4n) is 1.68. The van der Waals surface area contributed by atoms with Gasteiger partial charge >= 0.3 is 0 Å². The van der Waals surface area contributed by atoms with Crippen molar-refractivity contribution in [2.24, 2.45) is 0 Å². The lowest BCUT2D eigenvalue weighted by atomic mass is 10.1. The first-order chi connectivity index (χ1) is 8.10. The van der Waals surface area contributed by atoms with E-state index in [4.69, 9.17) is 4.74 Å². The predicted octanol–water partition coefficient (Wildman–Crippen LogP) is 2.01. The van der Waals surface area contributed by atoms with Crippen LogP contribution in [0.5, 0.6) is 5.75 Å². The summed E-state index contributed by atoms with van der Waals surface area (Å²) in [6.07, 6.45) is 0.778. The smallest absolute Gasteiger partial charge is 0.232 e. The molecular weight excluding hydrogens is 234 g/mol. The molecule has 1 aromatic rings. The molecule has 4 heteroatoms. The van der Waals surface area contributed by atoms with Gasteiger partial charge in [-0.3, -0.25) is 4.79 Å². The van der Waals surface area contributed by atoms with Crippen LogP contribution >= 0.6 is 12.6 Å². The summed E-state index contributed by atoms with van der Waals surface area (Å²) in [6.45, 7) is 2.02. The molecule has 0 aliphatic carbocycles. The highest BCUT2D eigenvalue weighted by molar-refractivity contribution is 7.81. The Labute approximate surface area is 108 Å². The Morgan fingerprint density at radius 2 is 2.12 bits per heavy atom. The number of benzene rings is 1. The molecule has 1 unspecified atom stereocenters. The number of hydrogen-bond acceptors (Lipinski definition) is 3. The molecule has 0 saturated heterocycles. The van der Waals surface area contributed by atoms with E-state index in [0.717, 1.165) is 17.7 Å². The van der Waals surface area contributed by atoms with Crippen molar-refractivity contribution < 1.29 is 9.53 Å². The molecule has 0 aromatic heterocycles. The SMILES string of the molecule is COc1ccccc1CC(C)N(C)C(=O)CS. The number of likely N-dealkylation sites (N-methyl/N-ethyl adjacent to an activating group) is 1. The Bertz CT molecular complexity index is 381. The summed E-state index contributed by atoms with van der Waals surface area (Å²) in [4.78, 5) is 13.2. The first-order valence-corrected chi connectivity index (χ1v) is 6.21. The molecule has 3 nitrogen and oxygen atoms in total. The normalized spacial score (nSPS) is 12.0. The molecule has 17 heavy (non-hydrogen) atoms. The van der Waals surface area contributed by atoms with Gasteiger partial charge in [-0.25, -0.2) is 0 Å². The van der Waals surface area contributed by atoms with Gasteiger partial charge in [-0.15, -0.1) is 0 Å². The van der Waals surface area contributed by atoms with E-state index in [1.165, 1.54) is 0 Å². The molecular formula is C13H19NO2S. The lowest BCUT2D eigenvalue weighted by Crippen LogP contribution is -2.37. The third-order valence-electron chi connectivity index (χ3n) is 2.90. The van der Waals surface area contributed by atoms with Crippen LogP contribution in [0.3, 0.4) is 0 Å². The Kier molecular flexibility index (Phi) is 5.35. The molecule has 1 atom stereocenters. The molecule has 0 radical (unpaired) electrons. The van der Waals surface area contributed by atoms with Gasteiger partial charge in [0.1, 0.15) is 5.75 Å². The van der Waals surface area contributed by atoms with E-state index in [9.17, 15) is 4.79 Å².